The van der Waals surface area contributed by atoms with Crippen molar-refractivity contribution in [2.45, 2.75) is 13.3 Å². The smallest absolute Gasteiger partial charge is 0.162 e. The summed E-state index contributed by atoms with van der Waals surface area (Å²) in [6.45, 7) is 8.14. The zero-order valence-electron chi connectivity index (χ0n) is 19.1. The lowest BCUT2D eigenvalue weighted by Gasteiger charge is -2.18. The molecule has 7 nitrogen and oxygen atoms in total. The Morgan fingerprint density at radius 2 is 1.94 bits per heavy atom. The van der Waals surface area contributed by atoms with E-state index in [2.05, 4.69) is 25.5 Å². The number of rotatable bonds is 8. The molecule has 2 fully saturated rings. The standard InChI is InChI=1S/C25H30FN5O2/c1-16-4-5-21(20(26)8-16)30-25-19-9-24(23(32-2)10-22(19)28-15-29-25)33-7-3-6-31-13-17-11-27-12-18(17)14-31/h4-5,8-10,15,17-18,27H,3,6-7,11-14H2,1-2H3,(H,28,29,30). The Morgan fingerprint density at radius 1 is 1.12 bits per heavy atom. The van der Waals surface area contributed by atoms with E-state index < -0.39 is 0 Å². The number of benzene rings is 2. The largest absolute Gasteiger partial charge is 0.493 e. The second-order valence-electron chi connectivity index (χ2n) is 8.99. The number of methoxy groups -OCH3 is 1. The summed E-state index contributed by atoms with van der Waals surface area (Å²) in [4.78, 5) is 11.2. The topological polar surface area (TPSA) is 71.5 Å². The number of likely N-dealkylation sites (tertiary alicyclic amines) is 1. The van der Waals surface area contributed by atoms with Gasteiger partial charge in [-0.05, 0) is 62.0 Å². The highest BCUT2D eigenvalue weighted by atomic mass is 19.1. The van der Waals surface area contributed by atoms with Crippen molar-refractivity contribution in [3.8, 4) is 11.5 Å². The van der Waals surface area contributed by atoms with Gasteiger partial charge in [0.25, 0.3) is 0 Å². The molecule has 2 aromatic carbocycles. The molecular formula is C25H30FN5O2. The minimum atomic E-state index is -0.325. The zero-order valence-corrected chi connectivity index (χ0v) is 19.1. The van der Waals surface area contributed by atoms with Crippen LogP contribution < -0.4 is 20.1 Å². The van der Waals surface area contributed by atoms with Gasteiger partial charge in [0.1, 0.15) is 18.0 Å². The lowest BCUT2D eigenvalue weighted by atomic mass is 10.0. The summed E-state index contributed by atoms with van der Waals surface area (Å²) in [6.07, 6.45) is 2.40. The molecule has 2 aliphatic heterocycles. The lowest BCUT2D eigenvalue weighted by molar-refractivity contribution is 0.247. The number of halogens is 1. The summed E-state index contributed by atoms with van der Waals surface area (Å²) in [6, 6.07) is 8.76. The van der Waals surface area contributed by atoms with E-state index in [4.69, 9.17) is 9.47 Å². The maximum Gasteiger partial charge on any atom is 0.162 e. The van der Waals surface area contributed by atoms with Crippen LogP contribution in [-0.2, 0) is 0 Å². The van der Waals surface area contributed by atoms with Crippen LogP contribution in [0.2, 0.25) is 0 Å². The first kappa shape index (κ1) is 21.9. The summed E-state index contributed by atoms with van der Waals surface area (Å²) in [7, 11) is 1.62. The molecule has 0 amide bonds. The van der Waals surface area contributed by atoms with E-state index >= 15 is 0 Å². The Kier molecular flexibility index (Phi) is 6.28. The van der Waals surface area contributed by atoms with Gasteiger partial charge in [0, 0.05) is 31.1 Å². The van der Waals surface area contributed by atoms with E-state index in [0.717, 1.165) is 48.8 Å². The number of fused-ring (bicyclic) bond motifs is 2. The van der Waals surface area contributed by atoms with Crippen LogP contribution in [0.1, 0.15) is 12.0 Å². The first-order valence-corrected chi connectivity index (χ1v) is 11.5. The number of aryl methyl sites for hydroxylation is 1. The molecule has 0 radical (unpaired) electrons. The molecule has 174 valence electrons. The van der Waals surface area contributed by atoms with Crippen molar-refractivity contribution in [3.63, 3.8) is 0 Å². The Balaban J connectivity index is 1.29. The second-order valence-corrected chi connectivity index (χ2v) is 8.99. The summed E-state index contributed by atoms with van der Waals surface area (Å²) in [5.41, 5.74) is 1.92. The van der Waals surface area contributed by atoms with Crippen LogP contribution in [0.15, 0.2) is 36.7 Å². The van der Waals surface area contributed by atoms with Gasteiger partial charge in [-0.25, -0.2) is 14.4 Å². The van der Waals surface area contributed by atoms with Crippen molar-refractivity contribution in [3.05, 3.63) is 48.0 Å². The molecule has 2 aliphatic rings. The van der Waals surface area contributed by atoms with Gasteiger partial charge in [-0.1, -0.05) is 6.07 Å². The number of hydrogen-bond acceptors (Lipinski definition) is 7. The van der Waals surface area contributed by atoms with Crippen molar-refractivity contribution in [2.75, 3.05) is 51.8 Å². The lowest BCUT2D eigenvalue weighted by Crippen LogP contribution is -2.27. The van der Waals surface area contributed by atoms with Crippen molar-refractivity contribution in [1.29, 1.82) is 0 Å². The predicted molar refractivity (Wildman–Crippen MR) is 127 cm³/mol. The average Bonchev–Trinajstić information content (AvgIpc) is 3.40. The van der Waals surface area contributed by atoms with E-state index in [1.165, 1.54) is 25.5 Å². The van der Waals surface area contributed by atoms with Gasteiger partial charge in [-0.15, -0.1) is 0 Å². The molecule has 8 heteroatoms. The van der Waals surface area contributed by atoms with Gasteiger partial charge in [0.15, 0.2) is 11.5 Å². The number of ether oxygens (including phenoxy) is 2. The molecule has 0 bridgehead atoms. The first-order valence-electron chi connectivity index (χ1n) is 11.5. The van der Waals surface area contributed by atoms with E-state index in [0.29, 0.717) is 35.1 Å². The molecule has 0 spiro atoms. The van der Waals surface area contributed by atoms with E-state index in [1.54, 1.807) is 13.2 Å². The van der Waals surface area contributed by atoms with E-state index in [9.17, 15) is 4.39 Å². The molecule has 33 heavy (non-hydrogen) atoms. The second kappa shape index (κ2) is 9.49. The van der Waals surface area contributed by atoms with Crippen molar-refractivity contribution in [1.82, 2.24) is 20.2 Å². The maximum atomic E-state index is 14.4. The molecule has 1 aromatic heterocycles. The SMILES string of the molecule is COc1cc2ncnc(Nc3ccc(C)cc3F)c2cc1OCCCN1CC2CNCC2C1. The molecule has 0 aliphatic carbocycles. The molecule has 2 atom stereocenters. The van der Waals surface area contributed by atoms with Crippen molar-refractivity contribution < 1.29 is 13.9 Å². The molecule has 2 unspecified atom stereocenters. The van der Waals surface area contributed by atoms with Gasteiger partial charge >= 0.3 is 0 Å². The van der Waals surface area contributed by atoms with Gasteiger partial charge < -0.3 is 25.0 Å². The highest BCUT2D eigenvalue weighted by molar-refractivity contribution is 5.93. The van der Waals surface area contributed by atoms with Crippen LogP contribution >= 0.6 is 0 Å². The zero-order chi connectivity index (χ0) is 22.8. The summed E-state index contributed by atoms with van der Waals surface area (Å²) in [5.74, 6) is 3.05. The fraction of sp³-hybridized carbons (Fsp3) is 0.440. The van der Waals surface area contributed by atoms with E-state index in [1.807, 2.05) is 25.1 Å². The first-order chi connectivity index (χ1) is 16.1. The van der Waals surface area contributed by atoms with Crippen molar-refractivity contribution >= 4 is 22.4 Å². The number of aromatic nitrogens is 2. The summed E-state index contributed by atoms with van der Waals surface area (Å²) < 4.78 is 26.0. The molecule has 3 heterocycles. The van der Waals surface area contributed by atoms with E-state index in [-0.39, 0.29) is 5.82 Å². The van der Waals surface area contributed by atoms with Crippen LogP contribution in [-0.4, -0.2) is 61.3 Å². The van der Waals surface area contributed by atoms with Crippen LogP contribution in [0.5, 0.6) is 11.5 Å². The molecular weight excluding hydrogens is 421 g/mol. The summed E-state index contributed by atoms with van der Waals surface area (Å²) in [5, 5.41) is 7.32. The Bertz CT molecular complexity index is 1130. The van der Waals surface area contributed by atoms with Crippen LogP contribution in [0, 0.1) is 24.6 Å². The maximum absolute atomic E-state index is 14.4. The van der Waals surface area contributed by atoms with Gasteiger partial charge in [0.2, 0.25) is 0 Å². The minimum Gasteiger partial charge on any atom is -0.493 e. The number of nitrogens with zero attached hydrogens (tertiary/aromatic N) is 3. The third-order valence-corrected chi connectivity index (χ3v) is 6.64. The van der Waals surface area contributed by atoms with Crippen LogP contribution in [0.25, 0.3) is 10.9 Å². The Morgan fingerprint density at radius 3 is 2.70 bits per heavy atom. The van der Waals surface area contributed by atoms with Crippen LogP contribution in [0.4, 0.5) is 15.9 Å². The summed E-state index contributed by atoms with van der Waals surface area (Å²) >= 11 is 0. The number of nitrogens with one attached hydrogen (secondary N) is 2. The van der Waals surface area contributed by atoms with Gasteiger partial charge in [0.05, 0.1) is 24.9 Å². The van der Waals surface area contributed by atoms with Crippen LogP contribution in [0.3, 0.4) is 0 Å². The minimum absolute atomic E-state index is 0.325. The molecule has 0 saturated carbocycles. The third kappa shape index (κ3) is 4.72. The highest BCUT2D eigenvalue weighted by Gasteiger charge is 2.35. The normalized spacial score (nSPS) is 20.2. The predicted octanol–water partition coefficient (Wildman–Crippen LogP) is 3.75. The Labute approximate surface area is 193 Å². The highest BCUT2D eigenvalue weighted by Crippen LogP contribution is 2.35. The monoisotopic (exact) mass is 451 g/mol. The van der Waals surface area contributed by atoms with Gasteiger partial charge in [-0.2, -0.15) is 0 Å². The fourth-order valence-corrected chi connectivity index (χ4v) is 4.89. The average molecular weight is 452 g/mol. The third-order valence-electron chi connectivity index (χ3n) is 6.64. The molecule has 5 rings (SSSR count). The quantitative estimate of drug-likeness (QED) is 0.506. The molecule has 2 saturated heterocycles. The fourth-order valence-electron chi connectivity index (χ4n) is 4.89. The molecule has 2 N–H and O–H groups in total. The van der Waals surface area contributed by atoms with Gasteiger partial charge in [-0.3, -0.25) is 0 Å². The number of anilines is 2. The Hall–Kier alpha value is -2.97. The van der Waals surface area contributed by atoms with Crippen molar-refractivity contribution in [2.24, 2.45) is 11.8 Å². The molecule has 3 aromatic rings. The number of hydrogen-bond donors (Lipinski definition) is 2.